The molecule has 21 heavy (non-hydrogen) atoms. The first-order chi connectivity index (χ1) is 10.3. The molecule has 1 aliphatic rings. The van der Waals surface area contributed by atoms with Crippen molar-refractivity contribution in [3.8, 4) is 0 Å². The first kappa shape index (κ1) is 14.2. The number of nitrogens with zero attached hydrogens (tertiary/aromatic N) is 1. The van der Waals surface area contributed by atoms with Crippen molar-refractivity contribution in [3.05, 3.63) is 65.2 Å². The minimum Gasteiger partial charge on any atom is -0.388 e. The first-order valence-corrected chi connectivity index (χ1v) is 7.87. The van der Waals surface area contributed by atoms with E-state index < -0.39 is 0 Å². The van der Waals surface area contributed by atoms with E-state index in [0.29, 0.717) is 0 Å². The molecular weight excluding hydrogens is 258 g/mol. The van der Waals surface area contributed by atoms with Crippen molar-refractivity contribution >= 4 is 5.69 Å². The lowest BCUT2D eigenvalue weighted by molar-refractivity contribution is 0.173. The van der Waals surface area contributed by atoms with Crippen LogP contribution < -0.4 is 4.90 Å². The summed E-state index contributed by atoms with van der Waals surface area (Å²) >= 11 is 0. The summed E-state index contributed by atoms with van der Waals surface area (Å²) in [7, 11) is 0. The number of hydrogen-bond acceptors (Lipinski definition) is 2. The van der Waals surface area contributed by atoms with Crippen LogP contribution in [0.3, 0.4) is 0 Å². The Morgan fingerprint density at radius 1 is 0.952 bits per heavy atom. The highest BCUT2D eigenvalue weighted by molar-refractivity contribution is 5.49. The van der Waals surface area contributed by atoms with Crippen LogP contribution in [-0.2, 0) is 12.8 Å². The normalized spacial score (nSPS) is 16.2. The van der Waals surface area contributed by atoms with Gasteiger partial charge >= 0.3 is 0 Å². The van der Waals surface area contributed by atoms with Crippen LogP contribution >= 0.6 is 0 Å². The minimum atomic E-state index is -0.340. The monoisotopic (exact) mass is 281 g/mol. The van der Waals surface area contributed by atoms with Crippen molar-refractivity contribution in [1.29, 1.82) is 0 Å². The number of fused-ring (bicyclic) bond motifs is 1. The van der Waals surface area contributed by atoms with Gasteiger partial charge in [0.1, 0.15) is 0 Å². The molecule has 0 aromatic heterocycles. The summed E-state index contributed by atoms with van der Waals surface area (Å²) in [6, 6.07) is 17.2. The van der Waals surface area contributed by atoms with Crippen LogP contribution in [0.2, 0.25) is 0 Å². The number of benzene rings is 2. The zero-order valence-electron chi connectivity index (χ0n) is 12.6. The molecule has 2 heteroatoms. The molecule has 110 valence electrons. The second-order valence-corrected chi connectivity index (χ2v) is 5.77. The van der Waals surface area contributed by atoms with E-state index in [-0.39, 0.29) is 6.10 Å². The van der Waals surface area contributed by atoms with Gasteiger partial charge in [-0.15, -0.1) is 0 Å². The lowest BCUT2D eigenvalue weighted by Gasteiger charge is -2.23. The Bertz CT molecular complexity index is 564. The minimum absolute atomic E-state index is 0.340. The van der Waals surface area contributed by atoms with Crippen LogP contribution in [0.15, 0.2) is 48.5 Å². The molecule has 1 N–H and O–H groups in total. The average Bonchev–Trinajstić information content (AvgIpc) is 2.77. The predicted octanol–water partition coefficient (Wildman–Crippen LogP) is 3.74. The average molecular weight is 281 g/mol. The largest absolute Gasteiger partial charge is 0.388 e. The van der Waals surface area contributed by atoms with Gasteiger partial charge in [0.15, 0.2) is 0 Å². The Labute approximate surface area is 127 Å². The maximum Gasteiger partial charge on any atom is 0.0787 e. The van der Waals surface area contributed by atoms with Crippen LogP contribution in [0.5, 0.6) is 0 Å². The van der Waals surface area contributed by atoms with Gasteiger partial charge in [0, 0.05) is 18.8 Å². The topological polar surface area (TPSA) is 23.5 Å². The van der Waals surface area contributed by atoms with Crippen LogP contribution in [0.4, 0.5) is 5.69 Å². The van der Waals surface area contributed by atoms with E-state index in [1.807, 2.05) is 6.92 Å². The molecule has 2 nitrogen and oxygen atoms in total. The van der Waals surface area contributed by atoms with Gasteiger partial charge < -0.3 is 10.0 Å². The van der Waals surface area contributed by atoms with E-state index >= 15 is 0 Å². The molecule has 0 amide bonds. The van der Waals surface area contributed by atoms with Crippen molar-refractivity contribution in [1.82, 2.24) is 0 Å². The highest BCUT2D eigenvalue weighted by atomic mass is 16.3. The predicted molar refractivity (Wildman–Crippen MR) is 87.8 cm³/mol. The standard InChI is InChI=1S/C19H23NO/c1-2-19(21)17-7-9-18(10-8-17)20-13-11-15-5-3-4-6-16(15)12-14-20/h3-10,19,21H,2,11-14H2,1H3/t19-/m0/s1. The van der Waals surface area contributed by atoms with Gasteiger partial charge in [0.05, 0.1) is 6.10 Å². The van der Waals surface area contributed by atoms with E-state index in [2.05, 4.69) is 53.4 Å². The molecule has 0 saturated heterocycles. The van der Waals surface area contributed by atoms with Crippen LogP contribution in [0, 0.1) is 0 Å². The summed E-state index contributed by atoms with van der Waals surface area (Å²) in [4.78, 5) is 2.45. The number of hydrogen-bond donors (Lipinski definition) is 1. The van der Waals surface area contributed by atoms with E-state index in [0.717, 1.165) is 37.9 Å². The molecular formula is C19H23NO. The Balaban J connectivity index is 1.74. The molecule has 0 saturated carbocycles. The molecule has 0 fully saturated rings. The quantitative estimate of drug-likeness (QED) is 0.926. The van der Waals surface area contributed by atoms with E-state index in [1.165, 1.54) is 16.8 Å². The van der Waals surface area contributed by atoms with Crippen molar-refractivity contribution in [2.45, 2.75) is 32.3 Å². The third-order valence-electron chi connectivity index (χ3n) is 4.45. The second-order valence-electron chi connectivity index (χ2n) is 5.77. The Morgan fingerprint density at radius 2 is 1.52 bits per heavy atom. The SMILES string of the molecule is CC[C@H](O)c1ccc(N2CCc3ccccc3CC2)cc1. The van der Waals surface area contributed by atoms with E-state index in [4.69, 9.17) is 0 Å². The zero-order chi connectivity index (χ0) is 14.7. The molecule has 2 aromatic rings. The summed E-state index contributed by atoms with van der Waals surface area (Å²) in [5.74, 6) is 0. The third kappa shape index (κ3) is 3.11. The van der Waals surface area contributed by atoms with Crippen molar-refractivity contribution in [3.63, 3.8) is 0 Å². The van der Waals surface area contributed by atoms with Gasteiger partial charge in [-0.05, 0) is 48.1 Å². The lowest BCUT2D eigenvalue weighted by Crippen LogP contribution is -2.25. The molecule has 0 unspecified atom stereocenters. The lowest BCUT2D eigenvalue weighted by atomic mass is 10.0. The maximum atomic E-state index is 9.88. The Kier molecular flexibility index (Phi) is 4.26. The van der Waals surface area contributed by atoms with Gasteiger partial charge in [-0.3, -0.25) is 0 Å². The highest BCUT2D eigenvalue weighted by Gasteiger charge is 2.14. The van der Waals surface area contributed by atoms with Gasteiger partial charge in [-0.1, -0.05) is 43.3 Å². The molecule has 1 heterocycles. The number of aliphatic hydroxyl groups is 1. The fourth-order valence-corrected chi connectivity index (χ4v) is 3.07. The molecule has 0 bridgehead atoms. The third-order valence-corrected chi connectivity index (χ3v) is 4.45. The fraction of sp³-hybridized carbons (Fsp3) is 0.368. The molecule has 0 radical (unpaired) electrons. The van der Waals surface area contributed by atoms with Crippen LogP contribution in [-0.4, -0.2) is 18.2 Å². The second kappa shape index (κ2) is 6.31. The summed E-state index contributed by atoms with van der Waals surface area (Å²) in [5.41, 5.74) is 5.24. The highest BCUT2D eigenvalue weighted by Crippen LogP contribution is 2.24. The molecule has 1 aliphatic heterocycles. The van der Waals surface area contributed by atoms with Crippen molar-refractivity contribution < 1.29 is 5.11 Å². The van der Waals surface area contributed by atoms with Crippen molar-refractivity contribution in [2.24, 2.45) is 0 Å². The number of rotatable bonds is 3. The molecule has 0 spiro atoms. The summed E-state index contributed by atoms with van der Waals surface area (Å²) in [6.45, 7) is 4.13. The smallest absolute Gasteiger partial charge is 0.0787 e. The molecule has 0 aliphatic carbocycles. The van der Waals surface area contributed by atoms with E-state index in [9.17, 15) is 5.11 Å². The first-order valence-electron chi connectivity index (χ1n) is 7.87. The maximum absolute atomic E-state index is 9.88. The zero-order valence-corrected chi connectivity index (χ0v) is 12.6. The fourth-order valence-electron chi connectivity index (χ4n) is 3.07. The van der Waals surface area contributed by atoms with Crippen molar-refractivity contribution in [2.75, 3.05) is 18.0 Å². The number of aliphatic hydroxyl groups excluding tert-OH is 1. The van der Waals surface area contributed by atoms with E-state index in [1.54, 1.807) is 0 Å². The molecule has 3 rings (SSSR count). The summed E-state index contributed by atoms with van der Waals surface area (Å²) in [6.07, 6.45) is 2.64. The molecule has 2 aromatic carbocycles. The van der Waals surface area contributed by atoms with Gasteiger partial charge in [0.25, 0.3) is 0 Å². The summed E-state index contributed by atoms with van der Waals surface area (Å²) < 4.78 is 0. The van der Waals surface area contributed by atoms with Gasteiger partial charge in [0.2, 0.25) is 0 Å². The van der Waals surface area contributed by atoms with Gasteiger partial charge in [-0.25, -0.2) is 0 Å². The Morgan fingerprint density at radius 3 is 2.05 bits per heavy atom. The van der Waals surface area contributed by atoms with Crippen LogP contribution in [0.25, 0.3) is 0 Å². The van der Waals surface area contributed by atoms with Crippen LogP contribution in [0.1, 0.15) is 36.1 Å². The Hall–Kier alpha value is -1.80. The van der Waals surface area contributed by atoms with Gasteiger partial charge in [-0.2, -0.15) is 0 Å². The summed E-state index contributed by atoms with van der Waals surface area (Å²) in [5, 5.41) is 9.88. The molecule has 1 atom stereocenters. The number of anilines is 1.